The van der Waals surface area contributed by atoms with Crippen LogP contribution < -0.4 is 0 Å². The van der Waals surface area contributed by atoms with Gasteiger partial charge in [0.2, 0.25) is 0 Å². The van der Waals surface area contributed by atoms with Gasteiger partial charge in [-0.3, -0.25) is 10.00 Å². The Labute approximate surface area is 76.9 Å². The van der Waals surface area contributed by atoms with Crippen molar-refractivity contribution in [2.75, 3.05) is 13.2 Å². The van der Waals surface area contributed by atoms with Gasteiger partial charge in [-0.25, -0.2) is 0 Å². The number of H-pyrrole nitrogens is 1. The van der Waals surface area contributed by atoms with Crippen LogP contribution in [0.4, 0.5) is 0 Å². The normalized spacial score (nSPS) is 28.2. The van der Waals surface area contributed by atoms with Crippen molar-refractivity contribution in [2.45, 2.75) is 25.6 Å². The second-order valence-electron chi connectivity index (χ2n) is 3.80. The highest BCUT2D eigenvalue weighted by atomic mass is 16.5. The average Bonchev–Trinajstić information content (AvgIpc) is 2.78. The van der Waals surface area contributed by atoms with Gasteiger partial charge in [0, 0.05) is 31.3 Å². The van der Waals surface area contributed by atoms with Crippen molar-refractivity contribution in [3.63, 3.8) is 0 Å². The zero-order valence-corrected chi connectivity index (χ0v) is 7.49. The molecule has 4 nitrogen and oxygen atoms in total. The highest BCUT2D eigenvalue weighted by Gasteiger charge is 2.29. The molecule has 0 aromatic carbocycles. The molecule has 0 aliphatic carbocycles. The maximum absolute atomic E-state index is 5.38. The number of ether oxygens (including phenoxy) is 1. The smallest absolute Gasteiger partial charge is 0.0622 e. The van der Waals surface area contributed by atoms with Crippen molar-refractivity contribution in [2.24, 2.45) is 0 Å². The fourth-order valence-corrected chi connectivity index (χ4v) is 2.16. The minimum atomic E-state index is 0.626. The number of hydrogen-bond acceptors (Lipinski definition) is 3. The average molecular weight is 179 g/mol. The van der Waals surface area contributed by atoms with Gasteiger partial charge in [-0.1, -0.05) is 0 Å². The molecule has 0 unspecified atom stereocenters. The van der Waals surface area contributed by atoms with Crippen molar-refractivity contribution >= 4 is 0 Å². The van der Waals surface area contributed by atoms with Gasteiger partial charge < -0.3 is 4.74 Å². The number of aromatic nitrogens is 2. The Bertz CT molecular complexity index is 283. The maximum Gasteiger partial charge on any atom is 0.0622 e. The molecular weight excluding hydrogens is 166 g/mol. The van der Waals surface area contributed by atoms with Gasteiger partial charge in [0.25, 0.3) is 0 Å². The molecular formula is C9H13N3O. The largest absolute Gasteiger partial charge is 0.380 e. The molecule has 1 aromatic rings. The van der Waals surface area contributed by atoms with Gasteiger partial charge in [-0.05, 0) is 6.42 Å². The van der Waals surface area contributed by atoms with Crippen LogP contribution in [0.1, 0.15) is 17.7 Å². The summed E-state index contributed by atoms with van der Waals surface area (Å²) in [5, 5.41) is 7.06. The third kappa shape index (κ3) is 1.17. The van der Waals surface area contributed by atoms with Crippen molar-refractivity contribution in [3.8, 4) is 0 Å². The van der Waals surface area contributed by atoms with Crippen LogP contribution in [0.15, 0.2) is 6.20 Å². The van der Waals surface area contributed by atoms with E-state index >= 15 is 0 Å². The van der Waals surface area contributed by atoms with Crippen molar-refractivity contribution in [3.05, 3.63) is 17.5 Å². The summed E-state index contributed by atoms with van der Waals surface area (Å²) < 4.78 is 5.38. The van der Waals surface area contributed by atoms with Crippen LogP contribution in [0, 0.1) is 0 Å². The molecule has 1 saturated heterocycles. The molecule has 0 saturated carbocycles. The zero-order valence-electron chi connectivity index (χ0n) is 7.49. The first-order valence-electron chi connectivity index (χ1n) is 4.76. The molecule has 13 heavy (non-hydrogen) atoms. The second kappa shape index (κ2) is 2.82. The van der Waals surface area contributed by atoms with E-state index in [1.54, 1.807) is 0 Å². The van der Waals surface area contributed by atoms with Crippen molar-refractivity contribution in [1.29, 1.82) is 0 Å². The van der Waals surface area contributed by atoms with Gasteiger partial charge in [0.05, 0.1) is 18.5 Å². The molecule has 3 rings (SSSR count). The molecule has 0 spiro atoms. The summed E-state index contributed by atoms with van der Waals surface area (Å²) in [5.74, 6) is 0. The molecule has 2 aliphatic heterocycles. The Morgan fingerprint density at radius 2 is 2.54 bits per heavy atom. The van der Waals surface area contributed by atoms with E-state index in [1.165, 1.54) is 17.7 Å². The Morgan fingerprint density at radius 1 is 1.54 bits per heavy atom. The summed E-state index contributed by atoms with van der Waals surface area (Å²) >= 11 is 0. The van der Waals surface area contributed by atoms with Crippen LogP contribution in [0.25, 0.3) is 0 Å². The van der Waals surface area contributed by atoms with E-state index in [0.717, 1.165) is 26.3 Å². The number of rotatable bonds is 1. The topological polar surface area (TPSA) is 41.2 Å². The lowest BCUT2D eigenvalue weighted by atomic mass is 10.2. The van der Waals surface area contributed by atoms with Gasteiger partial charge in [0.1, 0.15) is 0 Å². The van der Waals surface area contributed by atoms with Crippen molar-refractivity contribution < 1.29 is 4.74 Å². The summed E-state index contributed by atoms with van der Waals surface area (Å²) in [4.78, 5) is 2.47. The van der Waals surface area contributed by atoms with Crippen LogP contribution in [0.5, 0.6) is 0 Å². The first kappa shape index (κ1) is 7.53. The van der Waals surface area contributed by atoms with E-state index in [4.69, 9.17) is 4.74 Å². The number of nitrogens with one attached hydrogen (secondary N) is 1. The molecule has 2 aliphatic rings. The summed E-state index contributed by atoms with van der Waals surface area (Å²) in [6.07, 6.45) is 3.11. The number of nitrogens with zero attached hydrogens (tertiary/aromatic N) is 2. The fourth-order valence-electron chi connectivity index (χ4n) is 2.16. The van der Waals surface area contributed by atoms with E-state index < -0.39 is 0 Å². The standard InChI is InChI=1S/C9H13N3O/c1-2-13-6-8(1)12-4-7-3-10-11-9(7)5-12/h3,8H,1-2,4-6H2,(H,10,11)/t8-/m0/s1. The lowest BCUT2D eigenvalue weighted by Gasteiger charge is -2.21. The fraction of sp³-hybridized carbons (Fsp3) is 0.667. The van der Waals surface area contributed by atoms with Crippen LogP contribution in [0.3, 0.4) is 0 Å². The second-order valence-corrected chi connectivity index (χ2v) is 3.80. The molecule has 1 fully saturated rings. The molecule has 3 heterocycles. The molecule has 1 atom stereocenters. The zero-order chi connectivity index (χ0) is 8.67. The Balaban J connectivity index is 1.74. The summed E-state index contributed by atoms with van der Waals surface area (Å²) in [7, 11) is 0. The molecule has 1 aromatic heterocycles. The Morgan fingerprint density at radius 3 is 3.31 bits per heavy atom. The lowest BCUT2D eigenvalue weighted by molar-refractivity contribution is 0.142. The summed E-state index contributed by atoms with van der Waals surface area (Å²) in [5.41, 5.74) is 2.64. The molecule has 0 amide bonds. The van der Waals surface area contributed by atoms with Crippen LogP contribution in [-0.2, 0) is 17.8 Å². The molecule has 0 radical (unpaired) electrons. The number of aromatic amines is 1. The summed E-state index contributed by atoms with van der Waals surface area (Å²) in [6, 6.07) is 0.626. The van der Waals surface area contributed by atoms with Gasteiger partial charge in [-0.2, -0.15) is 5.10 Å². The highest BCUT2D eigenvalue weighted by molar-refractivity contribution is 5.20. The molecule has 1 N–H and O–H groups in total. The Hall–Kier alpha value is -0.870. The van der Waals surface area contributed by atoms with Crippen LogP contribution in [-0.4, -0.2) is 34.4 Å². The van der Waals surface area contributed by atoms with E-state index in [9.17, 15) is 0 Å². The minimum absolute atomic E-state index is 0.626. The first-order chi connectivity index (χ1) is 6.43. The number of hydrogen-bond donors (Lipinski definition) is 1. The molecule has 70 valence electrons. The van der Waals surface area contributed by atoms with Gasteiger partial charge in [-0.15, -0.1) is 0 Å². The molecule has 0 bridgehead atoms. The Kier molecular flexibility index (Phi) is 1.63. The highest BCUT2D eigenvalue weighted by Crippen LogP contribution is 2.25. The van der Waals surface area contributed by atoms with Gasteiger partial charge in [0.15, 0.2) is 0 Å². The third-order valence-electron chi connectivity index (χ3n) is 2.96. The quantitative estimate of drug-likeness (QED) is 0.683. The minimum Gasteiger partial charge on any atom is -0.380 e. The van der Waals surface area contributed by atoms with Gasteiger partial charge >= 0.3 is 0 Å². The molecule has 4 heteroatoms. The van der Waals surface area contributed by atoms with E-state index in [-0.39, 0.29) is 0 Å². The van der Waals surface area contributed by atoms with Crippen LogP contribution >= 0.6 is 0 Å². The summed E-state index contributed by atoms with van der Waals surface area (Å²) in [6.45, 7) is 3.88. The third-order valence-corrected chi connectivity index (χ3v) is 2.96. The maximum atomic E-state index is 5.38. The predicted octanol–water partition coefficient (Wildman–Crippen LogP) is 0.514. The van der Waals surface area contributed by atoms with E-state index in [0.29, 0.717) is 6.04 Å². The SMILES string of the molecule is c1n[nH]c2c1CN([C@H]1CCOC1)C2. The van der Waals surface area contributed by atoms with E-state index in [1.807, 2.05) is 6.20 Å². The van der Waals surface area contributed by atoms with E-state index in [2.05, 4.69) is 15.1 Å². The monoisotopic (exact) mass is 179 g/mol. The number of fused-ring (bicyclic) bond motifs is 1. The lowest BCUT2D eigenvalue weighted by Crippen LogP contribution is -2.30. The first-order valence-corrected chi connectivity index (χ1v) is 4.76. The predicted molar refractivity (Wildman–Crippen MR) is 47.1 cm³/mol. The van der Waals surface area contributed by atoms with Crippen LogP contribution in [0.2, 0.25) is 0 Å². The van der Waals surface area contributed by atoms with Crippen molar-refractivity contribution in [1.82, 2.24) is 15.1 Å².